The molecule has 0 aromatic carbocycles. The van der Waals surface area contributed by atoms with Gasteiger partial charge in [0.05, 0.1) is 5.52 Å². The largest absolute Gasteiger partial charge is 0.477 e. The molecular formula is C11H13NO3. The van der Waals surface area contributed by atoms with Gasteiger partial charge >= 0.3 is 5.97 Å². The van der Waals surface area contributed by atoms with Gasteiger partial charge in [0, 0.05) is 18.6 Å². The summed E-state index contributed by atoms with van der Waals surface area (Å²) in [4.78, 5) is 13.5. The van der Waals surface area contributed by atoms with E-state index in [0.717, 1.165) is 17.7 Å². The van der Waals surface area contributed by atoms with Gasteiger partial charge in [-0.1, -0.05) is 13.8 Å². The molecule has 0 radical (unpaired) electrons. The fraction of sp³-hybridized carbons (Fsp3) is 0.364. The van der Waals surface area contributed by atoms with E-state index in [2.05, 4.69) is 18.8 Å². The highest BCUT2D eigenvalue weighted by molar-refractivity contribution is 5.91. The van der Waals surface area contributed by atoms with Gasteiger partial charge in [0.2, 0.25) is 0 Å². The van der Waals surface area contributed by atoms with Crippen molar-refractivity contribution in [2.45, 2.75) is 20.3 Å². The van der Waals surface area contributed by atoms with Crippen LogP contribution in [0.4, 0.5) is 0 Å². The Labute approximate surface area is 86.9 Å². The van der Waals surface area contributed by atoms with Crippen molar-refractivity contribution >= 4 is 17.1 Å². The third-order valence-corrected chi connectivity index (χ3v) is 2.20. The van der Waals surface area contributed by atoms with Gasteiger partial charge in [0.15, 0.2) is 5.58 Å². The van der Waals surface area contributed by atoms with Gasteiger partial charge in [0.1, 0.15) is 11.5 Å². The first kappa shape index (κ1) is 9.83. The van der Waals surface area contributed by atoms with E-state index >= 15 is 0 Å². The number of aromatic nitrogens is 1. The summed E-state index contributed by atoms with van der Waals surface area (Å²) in [6.07, 6.45) is 0.866. The van der Waals surface area contributed by atoms with Crippen molar-refractivity contribution < 1.29 is 14.3 Å². The average molecular weight is 207 g/mol. The predicted octanol–water partition coefficient (Wildman–Crippen LogP) is 2.66. The number of furan rings is 1. The number of H-pyrrole nitrogens is 1. The molecule has 0 aliphatic carbocycles. The van der Waals surface area contributed by atoms with Crippen LogP contribution in [-0.2, 0) is 6.42 Å². The molecule has 0 aliphatic rings. The lowest BCUT2D eigenvalue weighted by molar-refractivity contribution is 0.0691. The summed E-state index contributed by atoms with van der Waals surface area (Å²) in [5.74, 6) is 0.453. The monoisotopic (exact) mass is 207 g/mol. The molecule has 2 rings (SSSR count). The van der Waals surface area contributed by atoms with Crippen LogP contribution < -0.4 is 0 Å². The summed E-state index contributed by atoms with van der Waals surface area (Å²) in [6, 6.07) is 3.38. The zero-order valence-corrected chi connectivity index (χ0v) is 8.70. The highest BCUT2D eigenvalue weighted by Crippen LogP contribution is 2.22. The molecule has 0 saturated heterocycles. The number of rotatable bonds is 3. The van der Waals surface area contributed by atoms with Gasteiger partial charge in [-0.2, -0.15) is 0 Å². The SMILES string of the molecule is CC(C)Cc1cc2[nH]c(C(=O)O)cc2o1. The molecule has 4 heteroatoms. The number of fused-ring (bicyclic) bond motifs is 1. The van der Waals surface area contributed by atoms with Gasteiger partial charge in [-0.25, -0.2) is 4.79 Å². The number of hydrogen-bond acceptors (Lipinski definition) is 2. The summed E-state index contributed by atoms with van der Waals surface area (Å²) in [5.41, 5.74) is 1.53. The van der Waals surface area contributed by atoms with Crippen LogP contribution >= 0.6 is 0 Å². The topological polar surface area (TPSA) is 66.2 Å². The molecular weight excluding hydrogens is 194 g/mol. The summed E-state index contributed by atoms with van der Waals surface area (Å²) < 4.78 is 5.52. The summed E-state index contributed by atoms with van der Waals surface area (Å²) >= 11 is 0. The number of carboxylic acid groups (broad SMARTS) is 1. The predicted molar refractivity (Wildman–Crippen MR) is 56.1 cm³/mol. The zero-order valence-electron chi connectivity index (χ0n) is 8.70. The molecule has 0 spiro atoms. The minimum atomic E-state index is -0.966. The Morgan fingerprint density at radius 1 is 1.53 bits per heavy atom. The summed E-state index contributed by atoms with van der Waals surface area (Å²) in [7, 11) is 0. The van der Waals surface area contributed by atoms with Crippen molar-refractivity contribution in [1.29, 1.82) is 0 Å². The van der Waals surface area contributed by atoms with Crippen molar-refractivity contribution in [3.63, 3.8) is 0 Å². The van der Waals surface area contributed by atoms with Gasteiger partial charge in [-0.05, 0) is 5.92 Å². The van der Waals surface area contributed by atoms with E-state index in [4.69, 9.17) is 9.52 Å². The maximum absolute atomic E-state index is 10.7. The van der Waals surface area contributed by atoms with Crippen LogP contribution in [0.15, 0.2) is 16.5 Å². The quantitative estimate of drug-likeness (QED) is 0.813. The minimum Gasteiger partial charge on any atom is -0.477 e. The van der Waals surface area contributed by atoms with E-state index in [9.17, 15) is 4.79 Å². The van der Waals surface area contributed by atoms with Crippen molar-refractivity contribution in [3.8, 4) is 0 Å². The second kappa shape index (κ2) is 3.46. The molecule has 0 fully saturated rings. The normalized spacial score (nSPS) is 11.4. The summed E-state index contributed by atoms with van der Waals surface area (Å²) in [5, 5.41) is 8.75. The second-order valence-electron chi connectivity index (χ2n) is 4.08. The lowest BCUT2D eigenvalue weighted by Gasteiger charge is -1.98. The Balaban J connectivity index is 2.34. The zero-order chi connectivity index (χ0) is 11.0. The fourth-order valence-corrected chi connectivity index (χ4v) is 1.59. The fourth-order valence-electron chi connectivity index (χ4n) is 1.59. The Morgan fingerprint density at radius 2 is 2.27 bits per heavy atom. The van der Waals surface area contributed by atoms with E-state index < -0.39 is 5.97 Å². The lowest BCUT2D eigenvalue weighted by Crippen LogP contribution is -1.95. The second-order valence-corrected chi connectivity index (χ2v) is 4.08. The van der Waals surface area contributed by atoms with E-state index in [0.29, 0.717) is 11.5 Å². The Kier molecular flexibility index (Phi) is 2.26. The highest BCUT2D eigenvalue weighted by atomic mass is 16.4. The number of carboxylic acids is 1. The minimum absolute atomic E-state index is 0.167. The highest BCUT2D eigenvalue weighted by Gasteiger charge is 2.12. The van der Waals surface area contributed by atoms with Crippen molar-refractivity contribution in [2.24, 2.45) is 5.92 Å². The van der Waals surface area contributed by atoms with Crippen LogP contribution in [0, 0.1) is 5.92 Å². The standard InChI is InChI=1S/C11H13NO3/c1-6(2)3-7-4-8-10(15-7)5-9(12-8)11(13)14/h4-6,12H,3H2,1-2H3,(H,13,14). The van der Waals surface area contributed by atoms with Crippen molar-refractivity contribution in [1.82, 2.24) is 4.98 Å². The molecule has 2 aromatic rings. The number of hydrogen-bond donors (Lipinski definition) is 2. The number of nitrogens with one attached hydrogen (secondary N) is 1. The van der Waals surface area contributed by atoms with E-state index in [1.54, 1.807) is 0 Å². The van der Waals surface area contributed by atoms with Crippen LogP contribution in [0.5, 0.6) is 0 Å². The molecule has 0 saturated carbocycles. The molecule has 4 nitrogen and oxygen atoms in total. The number of aromatic carboxylic acids is 1. The third kappa shape index (κ3) is 1.88. The van der Waals surface area contributed by atoms with Crippen molar-refractivity contribution in [3.05, 3.63) is 23.6 Å². The maximum atomic E-state index is 10.7. The third-order valence-electron chi connectivity index (χ3n) is 2.20. The smallest absolute Gasteiger partial charge is 0.352 e. The van der Waals surface area contributed by atoms with Crippen LogP contribution in [0.25, 0.3) is 11.1 Å². The number of aromatic amines is 1. The van der Waals surface area contributed by atoms with Crippen LogP contribution in [0.3, 0.4) is 0 Å². The summed E-state index contributed by atoms with van der Waals surface area (Å²) in [6.45, 7) is 4.22. The van der Waals surface area contributed by atoms with E-state index in [1.807, 2.05) is 6.07 Å². The molecule has 2 N–H and O–H groups in total. The maximum Gasteiger partial charge on any atom is 0.352 e. The van der Waals surface area contributed by atoms with Crippen molar-refractivity contribution in [2.75, 3.05) is 0 Å². The van der Waals surface area contributed by atoms with Crippen LogP contribution in [0.2, 0.25) is 0 Å². The average Bonchev–Trinajstić information content (AvgIpc) is 2.58. The van der Waals surface area contributed by atoms with Crippen LogP contribution in [0.1, 0.15) is 30.1 Å². The molecule has 0 amide bonds. The Bertz CT molecular complexity index is 461. The molecule has 15 heavy (non-hydrogen) atoms. The molecule has 2 heterocycles. The van der Waals surface area contributed by atoms with Gasteiger partial charge in [-0.3, -0.25) is 0 Å². The van der Waals surface area contributed by atoms with E-state index in [1.165, 1.54) is 6.07 Å². The molecule has 0 atom stereocenters. The Morgan fingerprint density at radius 3 is 2.80 bits per heavy atom. The first-order valence-corrected chi connectivity index (χ1v) is 4.91. The van der Waals surface area contributed by atoms with E-state index in [-0.39, 0.29) is 5.69 Å². The number of carbonyl (C=O) groups is 1. The Hall–Kier alpha value is -1.71. The first-order chi connectivity index (χ1) is 7.06. The van der Waals surface area contributed by atoms with Gasteiger partial charge in [-0.15, -0.1) is 0 Å². The molecule has 2 aromatic heterocycles. The molecule has 0 aliphatic heterocycles. The lowest BCUT2D eigenvalue weighted by atomic mass is 10.1. The van der Waals surface area contributed by atoms with Gasteiger partial charge < -0.3 is 14.5 Å². The van der Waals surface area contributed by atoms with Crippen LogP contribution in [-0.4, -0.2) is 16.1 Å². The van der Waals surface area contributed by atoms with Gasteiger partial charge in [0.25, 0.3) is 0 Å². The molecule has 0 unspecified atom stereocenters. The molecule has 80 valence electrons. The first-order valence-electron chi connectivity index (χ1n) is 4.91. The molecule has 0 bridgehead atoms.